The van der Waals surface area contributed by atoms with Gasteiger partial charge >= 0.3 is 6.18 Å². The highest BCUT2D eigenvalue weighted by molar-refractivity contribution is 5.33. The zero-order valence-electron chi connectivity index (χ0n) is 10.8. The fourth-order valence-electron chi connectivity index (χ4n) is 1.31. The molecule has 2 nitrogen and oxygen atoms in total. The Labute approximate surface area is 105 Å². The summed E-state index contributed by atoms with van der Waals surface area (Å²) in [5, 5.41) is 3.21. The van der Waals surface area contributed by atoms with Crippen LogP contribution in [0.2, 0.25) is 0 Å². The second-order valence-corrected chi connectivity index (χ2v) is 5.12. The second kappa shape index (κ2) is 5.61. The summed E-state index contributed by atoms with van der Waals surface area (Å²) >= 11 is 0. The highest BCUT2D eigenvalue weighted by atomic mass is 19.4. The van der Waals surface area contributed by atoms with E-state index in [0.717, 1.165) is 5.56 Å². The van der Waals surface area contributed by atoms with E-state index in [4.69, 9.17) is 4.74 Å². The van der Waals surface area contributed by atoms with Crippen molar-refractivity contribution in [1.29, 1.82) is 0 Å². The molecule has 5 heteroatoms. The van der Waals surface area contributed by atoms with Crippen LogP contribution >= 0.6 is 0 Å². The van der Waals surface area contributed by atoms with Crippen LogP contribution in [0, 0.1) is 0 Å². The number of benzene rings is 1. The molecule has 0 aliphatic carbocycles. The number of para-hydroxylation sites is 1. The van der Waals surface area contributed by atoms with Crippen LogP contribution in [-0.2, 0) is 6.54 Å². The van der Waals surface area contributed by atoms with Gasteiger partial charge in [0.15, 0.2) is 6.61 Å². The molecule has 0 unspecified atom stereocenters. The van der Waals surface area contributed by atoms with Crippen LogP contribution in [0.1, 0.15) is 26.3 Å². The van der Waals surface area contributed by atoms with Crippen LogP contribution in [-0.4, -0.2) is 18.3 Å². The summed E-state index contributed by atoms with van der Waals surface area (Å²) in [7, 11) is 0. The lowest BCUT2D eigenvalue weighted by atomic mass is 10.1. The smallest absolute Gasteiger partial charge is 0.422 e. The second-order valence-electron chi connectivity index (χ2n) is 5.12. The molecule has 0 radical (unpaired) electrons. The molecular formula is C13H18F3NO. The SMILES string of the molecule is CC(C)(C)NCc1ccccc1OCC(F)(F)F. The molecule has 0 spiro atoms. The molecule has 1 N–H and O–H groups in total. The van der Waals surface area contributed by atoms with E-state index in [1.165, 1.54) is 0 Å². The maximum Gasteiger partial charge on any atom is 0.422 e. The van der Waals surface area contributed by atoms with E-state index in [-0.39, 0.29) is 11.3 Å². The minimum Gasteiger partial charge on any atom is -0.484 e. The van der Waals surface area contributed by atoms with Gasteiger partial charge in [0.2, 0.25) is 0 Å². The molecule has 0 bridgehead atoms. The van der Waals surface area contributed by atoms with Crippen LogP contribution in [0.5, 0.6) is 5.75 Å². The summed E-state index contributed by atoms with van der Waals surface area (Å²) in [6.07, 6.45) is -4.31. The maximum atomic E-state index is 12.1. The van der Waals surface area contributed by atoms with E-state index in [9.17, 15) is 13.2 Å². The fraction of sp³-hybridized carbons (Fsp3) is 0.538. The summed E-state index contributed by atoms with van der Waals surface area (Å²) in [6.45, 7) is 5.18. The van der Waals surface area contributed by atoms with Crippen molar-refractivity contribution in [2.24, 2.45) is 0 Å². The number of rotatable bonds is 4. The molecule has 0 saturated heterocycles. The van der Waals surface area contributed by atoms with Crippen LogP contribution < -0.4 is 10.1 Å². The first-order valence-electron chi connectivity index (χ1n) is 5.70. The normalized spacial score (nSPS) is 12.6. The molecular weight excluding hydrogens is 243 g/mol. The van der Waals surface area contributed by atoms with Gasteiger partial charge in [-0.25, -0.2) is 0 Å². The topological polar surface area (TPSA) is 21.3 Å². The number of ether oxygens (including phenoxy) is 1. The van der Waals surface area contributed by atoms with Gasteiger partial charge in [-0.3, -0.25) is 0 Å². The number of hydrogen-bond acceptors (Lipinski definition) is 2. The molecule has 1 aromatic carbocycles. The van der Waals surface area contributed by atoms with Gasteiger partial charge in [-0.05, 0) is 26.8 Å². The molecule has 1 aromatic rings. The van der Waals surface area contributed by atoms with E-state index in [2.05, 4.69) is 5.32 Å². The molecule has 102 valence electrons. The van der Waals surface area contributed by atoms with Crippen LogP contribution in [0.4, 0.5) is 13.2 Å². The minimum atomic E-state index is -4.31. The van der Waals surface area contributed by atoms with Crippen molar-refractivity contribution < 1.29 is 17.9 Å². The van der Waals surface area contributed by atoms with Gasteiger partial charge in [-0.15, -0.1) is 0 Å². The number of hydrogen-bond donors (Lipinski definition) is 1. The molecule has 0 heterocycles. The summed E-state index contributed by atoms with van der Waals surface area (Å²) in [5.41, 5.74) is 0.619. The molecule has 1 rings (SSSR count). The Morgan fingerprint density at radius 1 is 1.11 bits per heavy atom. The van der Waals surface area contributed by atoms with E-state index < -0.39 is 12.8 Å². The third-order valence-corrected chi connectivity index (χ3v) is 2.17. The zero-order valence-corrected chi connectivity index (χ0v) is 10.8. The van der Waals surface area contributed by atoms with E-state index in [0.29, 0.717) is 6.54 Å². The fourth-order valence-corrected chi connectivity index (χ4v) is 1.31. The molecule has 0 saturated carbocycles. The largest absolute Gasteiger partial charge is 0.484 e. The van der Waals surface area contributed by atoms with E-state index in [1.807, 2.05) is 20.8 Å². The Balaban J connectivity index is 2.68. The monoisotopic (exact) mass is 261 g/mol. The van der Waals surface area contributed by atoms with Crippen molar-refractivity contribution in [3.8, 4) is 5.75 Å². The van der Waals surface area contributed by atoms with Crippen LogP contribution in [0.3, 0.4) is 0 Å². The lowest BCUT2D eigenvalue weighted by Crippen LogP contribution is -2.35. The van der Waals surface area contributed by atoms with E-state index in [1.54, 1.807) is 24.3 Å². The Kier molecular flexibility index (Phi) is 4.62. The van der Waals surface area contributed by atoms with Crippen molar-refractivity contribution in [1.82, 2.24) is 5.32 Å². The highest BCUT2D eigenvalue weighted by Gasteiger charge is 2.28. The van der Waals surface area contributed by atoms with Crippen molar-refractivity contribution in [2.75, 3.05) is 6.61 Å². The van der Waals surface area contributed by atoms with Gasteiger partial charge < -0.3 is 10.1 Å². The Bertz CT molecular complexity index is 346. The van der Waals surface area contributed by atoms with Gasteiger partial charge in [0.25, 0.3) is 0 Å². The van der Waals surface area contributed by atoms with Crippen LogP contribution in [0.15, 0.2) is 24.3 Å². The first-order valence-corrected chi connectivity index (χ1v) is 5.70. The molecule has 0 aromatic heterocycles. The summed E-state index contributed by atoms with van der Waals surface area (Å²) in [4.78, 5) is 0. The van der Waals surface area contributed by atoms with Gasteiger partial charge in [-0.2, -0.15) is 13.2 Å². The first-order chi connectivity index (χ1) is 8.17. The summed E-state index contributed by atoms with van der Waals surface area (Å²) in [5.74, 6) is 0.270. The summed E-state index contributed by atoms with van der Waals surface area (Å²) < 4.78 is 41.1. The lowest BCUT2D eigenvalue weighted by Gasteiger charge is -2.21. The van der Waals surface area contributed by atoms with Gasteiger partial charge in [0.05, 0.1) is 0 Å². The van der Waals surface area contributed by atoms with Crippen molar-refractivity contribution >= 4 is 0 Å². The van der Waals surface area contributed by atoms with Gasteiger partial charge in [-0.1, -0.05) is 18.2 Å². The average Bonchev–Trinajstić information content (AvgIpc) is 2.22. The number of alkyl halides is 3. The average molecular weight is 261 g/mol. The molecule has 0 aliphatic heterocycles. The van der Waals surface area contributed by atoms with Gasteiger partial charge in [0, 0.05) is 17.6 Å². The zero-order chi connectivity index (χ0) is 13.8. The molecule has 0 fully saturated rings. The Hall–Kier alpha value is -1.23. The number of nitrogens with one attached hydrogen (secondary N) is 1. The molecule has 0 aliphatic rings. The first kappa shape index (κ1) is 14.8. The molecule has 18 heavy (non-hydrogen) atoms. The maximum absolute atomic E-state index is 12.1. The quantitative estimate of drug-likeness (QED) is 0.895. The van der Waals surface area contributed by atoms with Crippen LogP contribution in [0.25, 0.3) is 0 Å². The van der Waals surface area contributed by atoms with E-state index >= 15 is 0 Å². The third kappa shape index (κ3) is 5.91. The van der Waals surface area contributed by atoms with Crippen molar-refractivity contribution in [3.05, 3.63) is 29.8 Å². The third-order valence-electron chi connectivity index (χ3n) is 2.17. The predicted octanol–water partition coefficient (Wildman–Crippen LogP) is 3.52. The Morgan fingerprint density at radius 3 is 2.28 bits per heavy atom. The van der Waals surface area contributed by atoms with Crippen molar-refractivity contribution in [2.45, 2.75) is 39.0 Å². The standard InChI is InChI=1S/C13H18F3NO/c1-12(2,3)17-8-10-6-4-5-7-11(10)18-9-13(14,15)16/h4-7,17H,8-9H2,1-3H3. The highest BCUT2D eigenvalue weighted by Crippen LogP contribution is 2.22. The molecule has 0 atom stereocenters. The molecule has 0 amide bonds. The lowest BCUT2D eigenvalue weighted by molar-refractivity contribution is -0.153. The van der Waals surface area contributed by atoms with Gasteiger partial charge in [0.1, 0.15) is 5.75 Å². The minimum absolute atomic E-state index is 0.100. The summed E-state index contributed by atoms with van der Waals surface area (Å²) in [6, 6.07) is 6.74. The predicted molar refractivity (Wildman–Crippen MR) is 64.6 cm³/mol. The number of halogens is 3. The Morgan fingerprint density at radius 2 is 1.72 bits per heavy atom. The van der Waals surface area contributed by atoms with Crippen molar-refractivity contribution in [3.63, 3.8) is 0 Å².